The Kier molecular flexibility index (Phi) is 2.48. The zero-order valence-corrected chi connectivity index (χ0v) is 11.1. The van der Waals surface area contributed by atoms with Gasteiger partial charge in [0, 0.05) is 25.4 Å². The smallest absolute Gasteiger partial charge is 0.0182 e. The van der Waals surface area contributed by atoms with Crippen molar-refractivity contribution in [2.75, 3.05) is 14.1 Å². The van der Waals surface area contributed by atoms with Gasteiger partial charge in [-0.1, -0.05) is 48.5 Å². The van der Waals surface area contributed by atoms with Crippen molar-refractivity contribution in [3.05, 3.63) is 65.4 Å². The lowest BCUT2D eigenvalue weighted by atomic mass is 10.0. The fourth-order valence-electron chi connectivity index (χ4n) is 2.63. The lowest BCUT2D eigenvalue weighted by molar-refractivity contribution is 0.516. The van der Waals surface area contributed by atoms with E-state index in [9.17, 15) is 0 Å². The normalized spacial score (nSPS) is 12.1. The van der Waals surface area contributed by atoms with Crippen LogP contribution in [0.4, 0.5) is 0 Å². The highest BCUT2D eigenvalue weighted by molar-refractivity contribution is 6.01. The summed E-state index contributed by atoms with van der Waals surface area (Å²) in [5.41, 5.74) is 8.09. The van der Waals surface area contributed by atoms with Gasteiger partial charge in [-0.2, -0.15) is 0 Å². The maximum atomic E-state index is 2.22. The molecular weight excluding hydrogens is 218 g/mol. The number of fused-ring (bicyclic) bond motifs is 3. The van der Waals surface area contributed by atoms with E-state index >= 15 is 0 Å². The topological polar surface area (TPSA) is 3.24 Å². The van der Waals surface area contributed by atoms with E-state index in [0.717, 1.165) is 0 Å². The standard InChI is InChI=1S/C17H17N/c1-12(18(2)3)17-15-10-6-4-8-13(15)14-9-5-7-11-16(14)17/h4-11H,1-3H3. The molecule has 90 valence electrons. The van der Waals surface area contributed by atoms with Crippen LogP contribution in [-0.4, -0.2) is 19.0 Å². The largest absolute Gasteiger partial charge is 0.381 e. The molecule has 0 radical (unpaired) electrons. The SMILES string of the molecule is CC(=C1c2ccccc2-c2ccccc21)N(C)C. The van der Waals surface area contributed by atoms with Crippen molar-refractivity contribution in [3.63, 3.8) is 0 Å². The third-order valence-electron chi connectivity index (χ3n) is 3.72. The molecule has 3 rings (SSSR count). The molecule has 0 aromatic heterocycles. The summed E-state index contributed by atoms with van der Waals surface area (Å²) in [6.45, 7) is 2.19. The summed E-state index contributed by atoms with van der Waals surface area (Å²) in [7, 11) is 4.21. The van der Waals surface area contributed by atoms with Gasteiger partial charge < -0.3 is 4.90 Å². The molecule has 2 aromatic rings. The zero-order chi connectivity index (χ0) is 12.7. The average molecular weight is 235 g/mol. The molecule has 18 heavy (non-hydrogen) atoms. The lowest BCUT2D eigenvalue weighted by Crippen LogP contribution is -2.10. The summed E-state index contributed by atoms with van der Waals surface area (Å²) >= 11 is 0. The number of benzene rings is 2. The number of hydrogen-bond acceptors (Lipinski definition) is 1. The molecule has 2 aromatic carbocycles. The number of nitrogens with zero attached hydrogens (tertiary/aromatic N) is 1. The molecule has 0 atom stereocenters. The number of rotatable bonds is 1. The van der Waals surface area contributed by atoms with Crippen LogP contribution >= 0.6 is 0 Å². The highest BCUT2D eigenvalue weighted by atomic mass is 15.1. The molecule has 0 heterocycles. The fraction of sp³-hybridized carbons (Fsp3) is 0.176. The molecule has 0 aliphatic heterocycles. The summed E-state index contributed by atoms with van der Waals surface area (Å²) in [5.74, 6) is 0. The van der Waals surface area contributed by atoms with Crippen molar-refractivity contribution >= 4 is 5.57 Å². The Labute approximate surface area is 108 Å². The molecule has 0 N–H and O–H groups in total. The molecule has 1 nitrogen and oxygen atoms in total. The third-order valence-corrected chi connectivity index (χ3v) is 3.72. The minimum Gasteiger partial charge on any atom is -0.381 e. The van der Waals surface area contributed by atoms with Gasteiger partial charge in [0.15, 0.2) is 0 Å². The third kappa shape index (κ3) is 1.47. The van der Waals surface area contributed by atoms with E-state index in [-0.39, 0.29) is 0 Å². The first kappa shape index (κ1) is 11.1. The molecule has 0 fully saturated rings. The Morgan fingerprint density at radius 2 is 1.11 bits per heavy atom. The highest BCUT2D eigenvalue weighted by Gasteiger charge is 2.24. The van der Waals surface area contributed by atoms with E-state index < -0.39 is 0 Å². The van der Waals surface area contributed by atoms with E-state index in [1.165, 1.54) is 33.5 Å². The Bertz CT molecular complexity index is 588. The maximum Gasteiger partial charge on any atom is 0.0182 e. The molecule has 0 bridgehead atoms. The van der Waals surface area contributed by atoms with Crippen LogP contribution in [0.25, 0.3) is 16.7 Å². The quantitative estimate of drug-likeness (QED) is 0.616. The second kappa shape index (κ2) is 4.02. The van der Waals surface area contributed by atoms with E-state index in [2.05, 4.69) is 74.4 Å². The van der Waals surface area contributed by atoms with Gasteiger partial charge in [-0.3, -0.25) is 0 Å². The zero-order valence-electron chi connectivity index (χ0n) is 11.1. The Morgan fingerprint density at radius 3 is 1.50 bits per heavy atom. The predicted octanol–water partition coefficient (Wildman–Crippen LogP) is 4.01. The second-order valence-electron chi connectivity index (χ2n) is 4.95. The summed E-state index contributed by atoms with van der Waals surface area (Å²) in [4.78, 5) is 2.19. The number of hydrogen-bond donors (Lipinski definition) is 0. The molecule has 0 amide bonds. The van der Waals surface area contributed by atoms with Gasteiger partial charge in [0.1, 0.15) is 0 Å². The van der Waals surface area contributed by atoms with Crippen LogP contribution in [-0.2, 0) is 0 Å². The lowest BCUT2D eigenvalue weighted by Gasteiger charge is -2.17. The van der Waals surface area contributed by atoms with Crippen LogP contribution in [0, 0.1) is 0 Å². The van der Waals surface area contributed by atoms with Crippen LogP contribution in [0.3, 0.4) is 0 Å². The molecule has 1 aliphatic carbocycles. The van der Waals surface area contributed by atoms with Crippen LogP contribution in [0.2, 0.25) is 0 Å². The number of allylic oxidation sites excluding steroid dienone is 1. The van der Waals surface area contributed by atoms with Crippen molar-refractivity contribution in [1.82, 2.24) is 4.90 Å². The van der Waals surface area contributed by atoms with Crippen molar-refractivity contribution in [2.45, 2.75) is 6.92 Å². The molecule has 0 unspecified atom stereocenters. The van der Waals surface area contributed by atoms with Gasteiger partial charge in [0.05, 0.1) is 0 Å². The van der Waals surface area contributed by atoms with E-state index in [0.29, 0.717) is 0 Å². The van der Waals surface area contributed by atoms with Gasteiger partial charge in [0.25, 0.3) is 0 Å². The maximum absolute atomic E-state index is 2.22. The van der Waals surface area contributed by atoms with Crippen LogP contribution in [0.5, 0.6) is 0 Å². The molecular formula is C17H17N. The summed E-state index contributed by atoms with van der Waals surface area (Å²) in [6, 6.07) is 17.3. The second-order valence-corrected chi connectivity index (χ2v) is 4.95. The van der Waals surface area contributed by atoms with Gasteiger partial charge in [-0.05, 0) is 29.2 Å². The minimum absolute atomic E-state index is 1.31. The van der Waals surface area contributed by atoms with Crippen LogP contribution in [0.15, 0.2) is 54.2 Å². The Balaban J connectivity index is 2.38. The van der Waals surface area contributed by atoms with E-state index in [4.69, 9.17) is 0 Å². The summed E-state index contributed by atoms with van der Waals surface area (Å²) in [6.07, 6.45) is 0. The molecule has 0 saturated heterocycles. The molecule has 1 heteroatoms. The van der Waals surface area contributed by atoms with Crippen LogP contribution in [0.1, 0.15) is 18.1 Å². The van der Waals surface area contributed by atoms with E-state index in [1.807, 2.05) is 0 Å². The minimum atomic E-state index is 1.31. The van der Waals surface area contributed by atoms with Gasteiger partial charge in [-0.15, -0.1) is 0 Å². The molecule has 1 aliphatic rings. The van der Waals surface area contributed by atoms with Gasteiger partial charge in [0.2, 0.25) is 0 Å². The predicted molar refractivity (Wildman–Crippen MR) is 77.3 cm³/mol. The monoisotopic (exact) mass is 235 g/mol. The Morgan fingerprint density at radius 1 is 0.722 bits per heavy atom. The van der Waals surface area contributed by atoms with Crippen LogP contribution < -0.4 is 0 Å². The van der Waals surface area contributed by atoms with Gasteiger partial charge >= 0.3 is 0 Å². The average Bonchev–Trinajstić information content (AvgIpc) is 2.72. The van der Waals surface area contributed by atoms with Crippen molar-refractivity contribution < 1.29 is 0 Å². The summed E-state index contributed by atoms with van der Waals surface area (Å²) < 4.78 is 0. The first-order valence-electron chi connectivity index (χ1n) is 6.27. The van der Waals surface area contributed by atoms with Crippen molar-refractivity contribution in [3.8, 4) is 11.1 Å². The first-order valence-corrected chi connectivity index (χ1v) is 6.27. The molecule has 0 spiro atoms. The van der Waals surface area contributed by atoms with Gasteiger partial charge in [-0.25, -0.2) is 0 Å². The highest BCUT2D eigenvalue weighted by Crippen LogP contribution is 2.45. The summed E-state index contributed by atoms with van der Waals surface area (Å²) in [5, 5.41) is 0. The van der Waals surface area contributed by atoms with E-state index in [1.54, 1.807) is 0 Å². The molecule has 0 saturated carbocycles. The van der Waals surface area contributed by atoms with Crippen molar-refractivity contribution in [1.29, 1.82) is 0 Å². The Hall–Kier alpha value is -2.02. The van der Waals surface area contributed by atoms with Crippen molar-refractivity contribution in [2.24, 2.45) is 0 Å². The first-order chi connectivity index (χ1) is 8.70. The fourth-order valence-corrected chi connectivity index (χ4v) is 2.63.